The van der Waals surface area contributed by atoms with Crippen LogP contribution in [0.15, 0.2) is 66.5 Å². The number of benzene rings is 2. The van der Waals surface area contributed by atoms with Gasteiger partial charge in [0.05, 0.1) is 16.7 Å². The molecule has 4 rings (SSSR count). The first-order valence-corrected chi connectivity index (χ1v) is 9.19. The van der Waals surface area contributed by atoms with Crippen molar-refractivity contribution in [1.29, 1.82) is 0 Å². The van der Waals surface area contributed by atoms with E-state index in [0.717, 1.165) is 16.5 Å². The van der Waals surface area contributed by atoms with E-state index in [1.807, 2.05) is 42.6 Å². The summed E-state index contributed by atoms with van der Waals surface area (Å²) in [5, 5.41) is 4.49. The van der Waals surface area contributed by atoms with Gasteiger partial charge < -0.3 is 14.6 Å². The molecule has 2 heterocycles. The van der Waals surface area contributed by atoms with Crippen molar-refractivity contribution in [3.05, 3.63) is 77.6 Å². The lowest BCUT2D eigenvalue weighted by Crippen LogP contribution is -2.35. The second-order valence-electron chi connectivity index (χ2n) is 8.03. The lowest BCUT2D eigenvalue weighted by Gasteiger charge is -2.30. The average Bonchev–Trinajstić information content (AvgIpc) is 2.97. The van der Waals surface area contributed by atoms with E-state index in [9.17, 15) is 4.79 Å². The second-order valence-corrected chi connectivity index (χ2v) is 8.03. The summed E-state index contributed by atoms with van der Waals surface area (Å²) < 4.78 is 8.37. The molecule has 1 atom stereocenters. The number of ether oxygens (including phenoxy) is 1. The molecule has 1 unspecified atom stereocenters. The Morgan fingerprint density at radius 2 is 1.78 bits per heavy atom. The van der Waals surface area contributed by atoms with Crippen LogP contribution in [0.5, 0.6) is 5.75 Å². The molecule has 0 saturated carbocycles. The zero-order valence-corrected chi connectivity index (χ0v) is 16.1. The molecule has 0 radical (unpaired) electrons. The molecule has 138 valence electrons. The van der Waals surface area contributed by atoms with Gasteiger partial charge in [-0.05, 0) is 51.5 Å². The average molecular weight is 360 g/mol. The van der Waals surface area contributed by atoms with Gasteiger partial charge in [0.15, 0.2) is 5.78 Å². The third-order valence-corrected chi connectivity index (χ3v) is 4.75. The fourth-order valence-electron chi connectivity index (χ4n) is 3.42. The third kappa shape index (κ3) is 3.12. The van der Waals surface area contributed by atoms with Crippen LogP contribution >= 0.6 is 0 Å². The van der Waals surface area contributed by atoms with Gasteiger partial charge in [-0.25, -0.2) is 0 Å². The first kappa shape index (κ1) is 17.4. The molecule has 2 aromatic carbocycles. The first-order chi connectivity index (χ1) is 12.8. The van der Waals surface area contributed by atoms with Crippen LogP contribution in [0, 0.1) is 6.92 Å². The Bertz CT molecular complexity index is 1050. The fourth-order valence-corrected chi connectivity index (χ4v) is 3.42. The SMILES string of the molecule is Cc1cn(C2Oc3ccccc3C(=O)/C2=C\NC(C)(C)C)c2ccccc12. The lowest BCUT2D eigenvalue weighted by atomic mass is 9.98. The Kier molecular flexibility index (Phi) is 4.06. The number of Topliss-reactive ketones (excluding diaryl/α,β-unsaturated/α-hetero) is 1. The number of para-hydroxylation sites is 2. The predicted octanol–water partition coefficient (Wildman–Crippen LogP) is 5.00. The monoisotopic (exact) mass is 360 g/mol. The largest absolute Gasteiger partial charge is 0.465 e. The normalized spacial score (nSPS) is 18.4. The van der Waals surface area contributed by atoms with Gasteiger partial charge in [0, 0.05) is 23.3 Å². The molecule has 3 aromatic rings. The van der Waals surface area contributed by atoms with Gasteiger partial charge in [-0.2, -0.15) is 0 Å². The molecular formula is C23H24N2O2. The zero-order valence-electron chi connectivity index (χ0n) is 16.1. The molecule has 27 heavy (non-hydrogen) atoms. The summed E-state index contributed by atoms with van der Waals surface area (Å²) in [5.74, 6) is 0.616. The second kappa shape index (κ2) is 6.31. The summed E-state index contributed by atoms with van der Waals surface area (Å²) in [5.41, 5.74) is 3.26. The fraction of sp³-hybridized carbons (Fsp3) is 0.261. The van der Waals surface area contributed by atoms with Gasteiger partial charge in [0.25, 0.3) is 0 Å². The number of hydrogen-bond acceptors (Lipinski definition) is 3. The molecule has 0 spiro atoms. The van der Waals surface area contributed by atoms with Crippen LogP contribution in [-0.4, -0.2) is 15.9 Å². The first-order valence-electron chi connectivity index (χ1n) is 9.19. The Balaban J connectivity index is 1.89. The van der Waals surface area contributed by atoms with Crippen molar-refractivity contribution in [2.24, 2.45) is 0 Å². The Morgan fingerprint density at radius 3 is 2.56 bits per heavy atom. The van der Waals surface area contributed by atoms with Gasteiger partial charge in [-0.1, -0.05) is 30.3 Å². The van der Waals surface area contributed by atoms with Crippen LogP contribution in [0.4, 0.5) is 0 Å². The van der Waals surface area contributed by atoms with Gasteiger partial charge in [0.2, 0.25) is 6.23 Å². The van der Waals surface area contributed by atoms with Gasteiger partial charge in [-0.15, -0.1) is 0 Å². The predicted molar refractivity (Wildman–Crippen MR) is 108 cm³/mol. The standard InChI is InChI=1S/C23H24N2O2/c1-15-14-25(19-11-7-5-9-16(15)19)22-18(13-24-23(2,3)4)21(26)17-10-6-8-12-20(17)27-22/h5-14,22,24H,1-4H3/b18-13+. The van der Waals surface area contributed by atoms with Crippen LogP contribution in [0.2, 0.25) is 0 Å². The van der Waals surface area contributed by atoms with Crippen LogP contribution in [0.25, 0.3) is 10.9 Å². The van der Waals surface area contributed by atoms with E-state index in [-0.39, 0.29) is 11.3 Å². The van der Waals surface area contributed by atoms with E-state index in [0.29, 0.717) is 16.9 Å². The number of carbonyl (C=O) groups excluding carboxylic acids is 1. The maximum absolute atomic E-state index is 13.3. The van der Waals surface area contributed by atoms with Crippen molar-refractivity contribution in [1.82, 2.24) is 9.88 Å². The van der Waals surface area contributed by atoms with Crippen molar-refractivity contribution in [2.75, 3.05) is 0 Å². The molecule has 0 aliphatic carbocycles. The molecule has 0 saturated heterocycles. The number of aryl methyl sites for hydroxylation is 1. The van der Waals surface area contributed by atoms with E-state index in [1.54, 1.807) is 0 Å². The Morgan fingerprint density at radius 1 is 1.07 bits per heavy atom. The molecule has 4 heteroatoms. The summed E-state index contributed by atoms with van der Waals surface area (Å²) in [7, 11) is 0. The number of fused-ring (bicyclic) bond motifs is 2. The minimum absolute atomic E-state index is 0.00552. The van der Waals surface area contributed by atoms with E-state index in [1.165, 1.54) is 0 Å². The number of hydrogen-bond donors (Lipinski definition) is 1. The van der Waals surface area contributed by atoms with Crippen LogP contribution in [0.1, 0.15) is 42.9 Å². The maximum Gasteiger partial charge on any atom is 0.207 e. The van der Waals surface area contributed by atoms with E-state index in [4.69, 9.17) is 4.74 Å². The topological polar surface area (TPSA) is 43.3 Å². The summed E-state index contributed by atoms with van der Waals surface area (Å²) >= 11 is 0. The van der Waals surface area contributed by atoms with Gasteiger partial charge in [0.1, 0.15) is 5.75 Å². The number of nitrogens with one attached hydrogen (secondary N) is 1. The summed E-state index contributed by atoms with van der Waals surface area (Å²) in [6.07, 6.45) is 3.36. The molecule has 4 nitrogen and oxygen atoms in total. The van der Waals surface area contributed by atoms with Crippen LogP contribution in [0.3, 0.4) is 0 Å². The van der Waals surface area contributed by atoms with Crippen molar-refractivity contribution in [3.63, 3.8) is 0 Å². The highest BCUT2D eigenvalue weighted by molar-refractivity contribution is 6.12. The minimum Gasteiger partial charge on any atom is -0.465 e. The Hall–Kier alpha value is -3.01. The number of nitrogens with zero attached hydrogens (tertiary/aromatic N) is 1. The molecule has 1 aliphatic heterocycles. The maximum atomic E-state index is 13.3. The number of rotatable bonds is 2. The van der Waals surface area contributed by atoms with Gasteiger partial charge in [-0.3, -0.25) is 4.79 Å². The van der Waals surface area contributed by atoms with Gasteiger partial charge >= 0.3 is 0 Å². The summed E-state index contributed by atoms with van der Waals surface area (Å²) in [6.45, 7) is 8.28. The number of ketones is 1. The highest BCUT2D eigenvalue weighted by Crippen LogP contribution is 2.37. The van der Waals surface area contributed by atoms with Crippen molar-refractivity contribution in [3.8, 4) is 5.75 Å². The van der Waals surface area contributed by atoms with E-state index < -0.39 is 6.23 Å². The van der Waals surface area contributed by atoms with E-state index >= 15 is 0 Å². The number of aromatic nitrogens is 1. The Labute approximate surface area is 159 Å². The highest BCUT2D eigenvalue weighted by atomic mass is 16.5. The molecule has 1 aliphatic rings. The van der Waals surface area contributed by atoms with Crippen LogP contribution in [-0.2, 0) is 0 Å². The quantitative estimate of drug-likeness (QED) is 0.654. The molecule has 0 bridgehead atoms. The molecular weight excluding hydrogens is 336 g/mol. The molecule has 0 fully saturated rings. The minimum atomic E-state index is -0.513. The lowest BCUT2D eigenvalue weighted by molar-refractivity contribution is 0.0901. The third-order valence-electron chi connectivity index (χ3n) is 4.75. The zero-order chi connectivity index (χ0) is 19.2. The summed E-state index contributed by atoms with van der Waals surface area (Å²) in [4.78, 5) is 13.3. The van der Waals surface area contributed by atoms with Crippen molar-refractivity contribution >= 4 is 16.7 Å². The van der Waals surface area contributed by atoms with Crippen molar-refractivity contribution < 1.29 is 9.53 Å². The smallest absolute Gasteiger partial charge is 0.207 e. The van der Waals surface area contributed by atoms with Crippen LogP contribution < -0.4 is 10.1 Å². The number of carbonyl (C=O) groups is 1. The summed E-state index contributed by atoms with van der Waals surface area (Å²) in [6, 6.07) is 15.6. The van der Waals surface area contributed by atoms with E-state index in [2.05, 4.69) is 55.9 Å². The molecule has 1 N–H and O–H groups in total. The molecule has 1 aromatic heterocycles. The molecule has 0 amide bonds. The highest BCUT2D eigenvalue weighted by Gasteiger charge is 2.34. The van der Waals surface area contributed by atoms with Crippen molar-refractivity contribution in [2.45, 2.75) is 39.5 Å².